The molecule has 86 valence electrons. The molecule has 2 heterocycles. The maximum atomic E-state index is 3.35. The highest BCUT2D eigenvalue weighted by molar-refractivity contribution is 7.17. The molecule has 4 aromatic rings. The molecule has 0 aliphatic heterocycles. The lowest BCUT2D eigenvalue weighted by Gasteiger charge is -2.05. The Bertz CT molecular complexity index is 766. The summed E-state index contributed by atoms with van der Waals surface area (Å²) in [4.78, 5) is 3.35. The number of hydrogen-bond acceptors (Lipinski definition) is 1. The predicted octanol–water partition coefficient (Wildman–Crippen LogP) is 5.05. The number of para-hydroxylation sites is 1. The second-order valence-electron chi connectivity index (χ2n) is 4.39. The number of hydrogen-bond donors (Lipinski definition) is 1. The number of aromatic amines is 1. The van der Waals surface area contributed by atoms with Crippen molar-refractivity contribution in [2.24, 2.45) is 0 Å². The Balaban J connectivity index is 2.13. The molecule has 0 amide bonds. The molecule has 18 heavy (non-hydrogen) atoms. The third kappa shape index (κ3) is 1.33. The zero-order valence-corrected chi connectivity index (χ0v) is 10.5. The summed E-state index contributed by atoms with van der Waals surface area (Å²) in [5.41, 5.74) is 3.81. The van der Waals surface area contributed by atoms with E-state index < -0.39 is 0 Å². The van der Waals surface area contributed by atoms with Crippen molar-refractivity contribution in [2.45, 2.75) is 0 Å². The van der Waals surface area contributed by atoms with Crippen molar-refractivity contribution < 1.29 is 0 Å². The zero-order chi connectivity index (χ0) is 11.9. The van der Waals surface area contributed by atoms with E-state index in [2.05, 4.69) is 58.9 Å². The Morgan fingerprint density at radius 2 is 1.72 bits per heavy atom. The van der Waals surface area contributed by atoms with Crippen LogP contribution in [0.25, 0.3) is 32.1 Å². The molecule has 0 saturated carbocycles. The molecular weight excluding hydrogens is 238 g/mol. The van der Waals surface area contributed by atoms with E-state index in [1.54, 1.807) is 11.3 Å². The molecule has 2 heteroatoms. The van der Waals surface area contributed by atoms with E-state index in [9.17, 15) is 0 Å². The molecule has 4 rings (SSSR count). The average molecular weight is 249 g/mol. The van der Waals surface area contributed by atoms with E-state index in [1.165, 1.54) is 32.1 Å². The van der Waals surface area contributed by atoms with E-state index >= 15 is 0 Å². The SMILES string of the molecule is c1cc(-c2cccc3sccc23)c2[nH]ccc2c1. The van der Waals surface area contributed by atoms with E-state index in [0.29, 0.717) is 0 Å². The molecule has 0 fully saturated rings. The molecule has 0 aliphatic rings. The van der Waals surface area contributed by atoms with Crippen LogP contribution in [0.1, 0.15) is 0 Å². The van der Waals surface area contributed by atoms with E-state index in [-0.39, 0.29) is 0 Å². The van der Waals surface area contributed by atoms with Crippen LogP contribution in [-0.4, -0.2) is 4.98 Å². The molecular formula is C16H11NS. The summed E-state index contributed by atoms with van der Waals surface area (Å²) in [5, 5.41) is 4.76. The van der Waals surface area contributed by atoms with Crippen LogP contribution >= 0.6 is 11.3 Å². The minimum Gasteiger partial charge on any atom is -0.361 e. The minimum atomic E-state index is 1.22. The summed E-state index contributed by atoms with van der Waals surface area (Å²) in [6.07, 6.45) is 2.00. The molecule has 2 aromatic carbocycles. The van der Waals surface area contributed by atoms with Crippen LogP contribution < -0.4 is 0 Å². The van der Waals surface area contributed by atoms with Crippen LogP contribution in [0.2, 0.25) is 0 Å². The van der Waals surface area contributed by atoms with Crippen LogP contribution in [0.5, 0.6) is 0 Å². The van der Waals surface area contributed by atoms with Crippen LogP contribution in [0, 0.1) is 0 Å². The standard InChI is InChI=1S/C16H11NS/c1-3-11-7-9-17-16(11)14(5-1)12-4-2-6-15-13(12)8-10-18-15/h1-10,17H. The molecule has 0 spiro atoms. The zero-order valence-electron chi connectivity index (χ0n) is 9.68. The molecule has 0 atom stereocenters. The molecule has 1 nitrogen and oxygen atoms in total. The fourth-order valence-electron chi connectivity index (χ4n) is 2.54. The number of rotatable bonds is 1. The lowest BCUT2D eigenvalue weighted by atomic mass is 10.00. The number of thiophene rings is 1. The van der Waals surface area contributed by atoms with Gasteiger partial charge in [-0.05, 0) is 34.5 Å². The molecule has 0 saturated heterocycles. The highest BCUT2D eigenvalue weighted by Crippen LogP contribution is 2.34. The lowest BCUT2D eigenvalue weighted by molar-refractivity contribution is 1.48. The van der Waals surface area contributed by atoms with Gasteiger partial charge in [-0.2, -0.15) is 0 Å². The summed E-state index contributed by atoms with van der Waals surface area (Å²) in [6, 6.07) is 17.3. The first-order valence-electron chi connectivity index (χ1n) is 5.96. The van der Waals surface area contributed by atoms with Gasteiger partial charge in [-0.3, -0.25) is 0 Å². The van der Waals surface area contributed by atoms with E-state index in [4.69, 9.17) is 0 Å². The summed E-state index contributed by atoms with van der Waals surface area (Å²) in [5.74, 6) is 0. The van der Waals surface area contributed by atoms with E-state index in [1.807, 2.05) is 6.20 Å². The first-order chi connectivity index (χ1) is 8.93. The van der Waals surface area contributed by atoms with Crippen molar-refractivity contribution in [3.8, 4) is 11.1 Å². The Morgan fingerprint density at radius 1 is 0.833 bits per heavy atom. The summed E-state index contributed by atoms with van der Waals surface area (Å²) >= 11 is 1.79. The second-order valence-corrected chi connectivity index (χ2v) is 5.33. The van der Waals surface area contributed by atoms with Crippen molar-refractivity contribution in [1.29, 1.82) is 0 Å². The van der Waals surface area contributed by atoms with Gasteiger partial charge in [0.05, 0.1) is 5.52 Å². The Labute approximate surface area is 109 Å². The molecule has 0 unspecified atom stereocenters. The van der Waals surface area contributed by atoms with E-state index in [0.717, 1.165) is 0 Å². The van der Waals surface area contributed by atoms with Gasteiger partial charge in [0, 0.05) is 21.8 Å². The molecule has 0 aliphatic carbocycles. The first-order valence-corrected chi connectivity index (χ1v) is 6.84. The topological polar surface area (TPSA) is 15.8 Å². The van der Waals surface area contributed by atoms with Gasteiger partial charge in [0.15, 0.2) is 0 Å². The average Bonchev–Trinajstić information content (AvgIpc) is 3.06. The third-order valence-electron chi connectivity index (χ3n) is 3.37. The summed E-state index contributed by atoms with van der Waals surface area (Å²) < 4.78 is 1.34. The van der Waals surface area contributed by atoms with Crippen molar-refractivity contribution in [2.75, 3.05) is 0 Å². The van der Waals surface area contributed by atoms with Crippen molar-refractivity contribution in [3.05, 3.63) is 60.1 Å². The fourth-order valence-corrected chi connectivity index (χ4v) is 3.35. The maximum absolute atomic E-state index is 3.35. The second kappa shape index (κ2) is 3.72. The maximum Gasteiger partial charge on any atom is 0.0533 e. The van der Waals surface area contributed by atoms with Gasteiger partial charge < -0.3 is 4.98 Å². The Morgan fingerprint density at radius 3 is 2.72 bits per heavy atom. The predicted molar refractivity (Wildman–Crippen MR) is 79.1 cm³/mol. The summed E-state index contributed by atoms with van der Waals surface area (Å²) in [6.45, 7) is 0. The van der Waals surface area contributed by atoms with Crippen LogP contribution in [0.15, 0.2) is 60.1 Å². The monoisotopic (exact) mass is 249 g/mol. The normalized spacial score (nSPS) is 11.3. The molecule has 0 radical (unpaired) electrons. The van der Waals surface area contributed by atoms with Gasteiger partial charge in [-0.15, -0.1) is 11.3 Å². The van der Waals surface area contributed by atoms with Crippen molar-refractivity contribution in [1.82, 2.24) is 4.98 Å². The largest absolute Gasteiger partial charge is 0.361 e. The Kier molecular flexibility index (Phi) is 2.05. The quantitative estimate of drug-likeness (QED) is 0.486. The smallest absolute Gasteiger partial charge is 0.0533 e. The Hall–Kier alpha value is -2.06. The minimum absolute atomic E-state index is 1.22. The molecule has 1 N–H and O–H groups in total. The lowest BCUT2D eigenvalue weighted by Crippen LogP contribution is -1.80. The first kappa shape index (κ1) is 9.92. The number of H-pyrrole nitrogens is 1. The number of aromatic nitrogens is 1. The highest BCUT2D eigenvalue weighted by atomic mass is 32.1. The molecule has 2 aromatic heterocycles. The van der Waals surface area contributed by atoms with Crippen molar-refractivity contribution >= 4 is 32.3 Å². The van der Waals surface area contributed by atoms with Crippen LogP contribution in [0.3, 0.4) is 0 Å². The highest BCUT2D eigenvalue weighted by Gasteiger charge is 2.08. The van der Waals surface area contributed by atoms with Gasteiger partial charge in [-0.1, -0.05) is 30.3 Å². The number of nitrogens with one attached hydrogen (secondary N) is 1. The van der Waals surface area contributed by atoms with Gasteiger partial charge in [0.2, 0.25) is 0 Å². The van der Waals surface area contributed by atoms with Gasteiger partial charge in [0.25, 0.3) is 0 Å². The fraction of sp³-hybridized carbons (Fsp3) is 0. The van der Waals surface area contributed by atoms with Gasteiger partial charge in [0.1, 0.15) is 0 Å². The molecule has 0 bridgehead atoms. The summed E-state index contributed by atoms with van der Waals surface area (Å²) in [7, 11) is 0. The number of fused-ring (bicyclic) bond motifs is 2. The van der Waals surface area contributed by atoms with Crippen molar-refractivity contribution in [3.63, 3.8) is 0 Å². The third-order valence-corrected chi connectivity index (χ3v) is 4.26. The number of benzene rings is 2. The van der Waals surface area contributed by atoms with Gasteiger partial charge in [-0.25, -0.2) is 0 Å². The van der Waals surface area contributed by atoms with Gasteiger partial charge >= 0.3 is 0 Å². The van der Waals surface area contributed by atoms with Crippen LogP contribution in [0.4, 0.5) is 0 Å². The van der Waals surface area contributed by atoms with Crippen LogP contribution in [-0.2, 0) is 0 Å².